The molecular weight excluding hydrogens is 156 g/mol. The summed E-state index contributed by atoms with van der Waals surface area (Å²) < 4.78 is 0. The second-order valence-corrected chi connectivity index (χ2v) is 3.98. The molecule has 0 aliphatic heterocycles. The van der Waals surface area contributed by atoms with Crippen molar-refractivity contribution in [2.45, 2.75) is 25.3 Å². The second kappa shape index (κ2) is 2.63. The summed E-state index contributed by atoms with van der Waals surface area (Å²) in [4.78, 5) is 0. The molecule has 3 atom stereocenters. The minimum Gasteiger partial charge on any atom is -0.366 e. The van der Waals surface area contributed by atoms with Gasteiger partial charge in [-0.15, -0.1) is 0 Å². The number of hydrogen-bond acceptors (Lipinski definition) is 1. The molecule has 11 heavy (non-hydrogen) atoms. The molecule has 0 amide bonds. The molecule has 0 bridgehead atoms. The smallest absolute Gasteiger partial charge is 0.166 e. The molecule has 2 fully saturated rings. The Balaban J connectivity index is 1.82. The number of nitrogens with one attached hydrogen (secondary N) is 2. The number of rotatable bonds is 1. The molecule has 0 spiro atoms. The Labute approximate surface area is 72.7 Å². The van der Waals surface area contributed by atoms with Crippen molar-refractivity contribution in [3.05, 3.63) is 0 Å². The second-order valence-electron chi connectivity index (χ2n) is 3.57. The zero-order valence-electron chi connectivity index (χ0n) is 6.76. The molecule has 0 aromatic rings. The topological polar surface area (TPSA) is 24.1 Å². The Morgan fingerprint density at radius 2 is 2.27 bits per heavy atom. The number of thiocarbonyl (C=S) groups is 1. The first kappa shape index (κ1) is 7.35. The summed E-state index contributed by atoms with van der Waals surface area (Å²) in [6.07, 6.45) is 4.16. The third-order valence-corrected chi connectivity index (χ3v) is 3.21. The molecule has 0 aromatic carbocycles. The maximum absolute atomic E-state index is 5.04. The number of fused-ring (bicyclic) bond motifs is 1. The van der Waals surface area contributed by atoms with Gasteiger partial charge in [0.25, 0.3) is 0 Å². The van der Waals surface area contributed by atoms with Gasteiger partial charge in [0, 0.05) is 13.1 Å². The fraction of sp³-hybridized carbons (Fsp3) is 0.875. The molecule has 2 aliphatic rings. The molecule has 62 valence electrons. The molecule has 0 radical (unpaired) electrons. The summed E-state index contributed by atoms with van der Waals surface area (Å²) in [5, 5.41) is 7.10. The largest absolute Gasteiger partial charge is 0.366 e. The molecule has 3 heteroatoms. The van der Waals surface area contributed by atoms with Crippen molar-refractivity contribution < 1.29 is 0 Å². The van der Waals surface area contributed by atoms with E-state index in [1.165, 1.54) is 19.3 Å². The predicted octanol–water partition coefficient (Wildman–Crippen LogP) is 0.879. The Morgan fingerprint density at radius 1 is 1.45 bits per heavy atom. The maximum Gasteiger partial charge on any atom is 0.166 e. The maximum atomic E-state index is 5.04. The standard InChI is InChI=1S/C8H14N2S/c1-9-8(11)10-7-3-2-5-4-6(5)7/h5-7H,2-4H2,1H3,(H2,9,10,11). The minimum atomic E-state index is 0.681. The van der Waals surface area contributed by atoms with Gasteiger partial charge >= 0.3 is 0 Å². The van der Waals surface area contributed by atoms with Gasteiger partial charge < -0.3 is 10.6 Å². The van der Waals surface area contributed by atoms with Gasteiger partial charge in [0.05, 0.1) is 0 Å². The van der Waals surface area contributed by atoms with Crippen LogP contribution in [0.15, 0.2) is 0 Å². The van der Waals surface area contributed by atoms with Gasteiger partial charge in [0.2, 0.25) is 0 Å². The zero-order chi connectivity index (χ0) is 7.84. The molecule has 2 aliphatic carbocycles. The Bertz CT molecular complexity index is 181. The first-order chi connectivity index (χ1) is 5.31. The van der Waals surface area contributed by atoms with Crippen LogP contribution in [-0.4, -0.2) is 18.2 Å². The highest BCUT2D eigenvalue weighted by Gasteiger charge is 2.48. The summed E-state index contributed by atoms with van der Waals surface area (Å²) in [5.74, 6) is 1.98. The van der Waals surface area contributed by atoms with Crippen molar-refractivity contribution in [1.82, 2.24) is 10.6 Å². The fourth-order valence-corrected chi connectivity index (χ4v) is 2.27. The normalized spacial score (nSPS) is 39.5. The zero-order valence-corrected chi connectivity index (χ0v) is 7.58. The van der Waals surface area contributed by atoms with Crippen LogP contribution in [0.4, 0.5) is 0 Å². The highest BCUT2D eigenvalue weighted by atomic mass is 32.1. The van der Waals surface area contributed by atoms with E-state index in [-0.39, 0.29) is 0 Å². The average molecular weight is 170 g/mol. The molecule has 0 heterocycles. The van der Waals surface area contributed by atoms with E-state index in [1.807, 2.05) is 7.05 Å². The average Bonchev–Trinajstić information content (AvgIpc) is 2.70. The molecule has 2 N–H and O–H groups in total. The lowest BCUT2D eigenvalue weighted by atomic mass is 10.2. The van der Waals surface area contributed by atoms with Gasteiger partial charge in [0.1, 0.15) is 0 Å². The van der Waals surface area contributed by atoms with E-state index in [9.17, 15) is 0 Å². The van der Waals surface area contributed by atoms with Crippen LogP contribution in [0.25, 0.3) is 0 Å². The van der Waals surface area contributed by atoms with Crippen LogP contribution < -0.4 is 10.6 Å². The lowest BCUT2D eigenvalue weighted by Crippen LogP contribution is -2.40. The van der Waals surface area contributed by atoms with Gasteiger partial charge in [-0.25, -0.2) is 0 Å². The van der Waals surface area contributed by atoms with Crippen LogP contribution in [0.1, 0.15) is 19.3 Å². The molecule has 0 aromatic heterocycles. The van der Waals surface area contributed by atoms with Crippen LogP contribution in [0.2, 0.25) is 0 Å². The van der Waals surface area contributed by atoms with Crippen molar-refractivity contribution >= 4 is 17.3 Å². The van der Waals surface area contributed by atoms with Crippen LogP contribution in [0.5, 0.6) is 0 Å². The third kappa shape index (κ3) is 1.34. The van der Waals surface area contributed by atoms with Gasteiger partial charge in [-0.2, -0.15) is 0 Å². The third-order valence-electron chi connectivity index (χ3n) is 2.89. The Hall–Kier alpha value is -0.310. The van der Waals surface area contributed by atoms with Crippen molar-refractivity contribution in [2.75, 3.05) is 7.05 Å². The summed E-state index contributed by atoms with van der Waals surface area (Å²) in [6.45, 7) is 0. The van der Waals surface area contributed by atoms with Crippen molar-refractivity contribution in [3.8, 4) is 0 Å². The van der Waals surface area contributed by atoms with E-state index in [4.69, 9.17) is 12.2 Å². The van der Waals surface area contributed by atoms with Crippen LogP contribution in [0.3, 0.4) is 0 Å². The monoisotopic (exact) mass is 170 g/mol. The van der Waals surface area contributed by atoms with Gasteiger partial charge in [-0.05, 0) is 43.3 Å². The lowest BCUT2D eigenvalue weighted by molar-refractivity contribution is 0.555. The van der Waals surface area contributed by atoms with E-state index in [0.29, 0.717) is 6.04 Å². The van der Waals surface area contributed by atoms with E-state index in [2.05, 4.69) is 10.6 Å². The van der Waals surface area contributed by atoms with Crippen molar-refractivity contribution in [3.63, 3.8) is 0 Å². The Kier molecular flexibility index (Phi) is 1.75. The first-order valence-electron chi connectivity index (χ1n) is 4.29. The summed E-state index contributed by atoms with van der Waals surface area (Å²) >= 11 is 5.04. The summed E-state index contributed by atoms with van der Waals surface area (Å²) in [5.41, 5.74) is 0. The molecule has 2 saturated carbocycles. The fourth-order valence-electron chi connectivity index (χ4n) is 2.12. The number of hydrogen-bond donors (Lipinski definition) is 2. The minimum absolute atomic E-state index is 0.681. The summed E-state index contributed by atoms with van der Waals surface area (Å²) in [7, 11) is 1.87. The molecule has 3 unspecified atom stereocenters. The molecule has 2 nitrogen and oxygen atoms in total. The van der Waals surface area contributed by atoms with E-state index in [0.717, 1.165) is 16.9 Å². The van der Waals surface area contributed by atoms with Crippen LogP contribution in [-0.2, 0) is 0 Å². The highest BCUT2D eigenvalue weighted by molar-refractivity contribution is 7.80. The first-order valence-corrected chi connectivity index (χ1v) is 4.70. The van der Waals surface area contributed by atoms with E-state index in [1.54, 1.807) is 0 Å². The molecular formula is C8H14N2S. The highest BCUT2D eigenvalue weighted by Crippen LogP contribution is 2.51. The molecule has 0 saturated heterocycles. The van der Waals surface area contributed by atoms with Gasteiger partial charge in [-0.3, -0.25) is 0 Å². The van der Waals surface area contributed by atoms with E-state index < -0.39 is 0 Å². The predicted molar refractivity (Wildman–Crippen MR) is 49.4 cm³/mol. The molecule has 2 rings (SSSR count). The van der Waals surface area contributed by atoms with Gasteiger partial charge in [0.15, 0.2) is 5.11 Å². The van der Waals surface area contributed by atoms with Crippen molar-refractivity contribution in [2.24, 2.45) is 11.8 Å². The lowest BCUT2D eigenvalue weighted by Gasteiger charge is -2.15. The Morgan fingerprint density at radius 3 is 2.73 bits per heavy atom. The van der Waals surface area contributed by atoms with Gasteiger partial charge in [-0.1, -0.05) is 0 Å². The quantitative estimate of drug-likeness (QED) is 0.571. The SMILES string of the molecule is CNC(=S)NC1CCC2CC21. The summed E-state index contributed by atoms with van der Waals surface area (Å²) in [6, 6.07) is 0.681. The van der Waals surface area contributed by atoms with Crippen molar-refractivity contribution in [1.29, 1.82) is 0 Å². The van der Waals surface area contributed by atoms with E-state index >= 15 is 0 Å². The van der Waals surface area contributed by atoms with Crippen LogP contribution in [0, 0.1) is 11.8 Å². The van der Waals surface area contributed by atoms with Crippen LogP contribution >= 0.6 is 12.2 Å².